The molecule has 0 aliphatic carbocycles. The van der Waals surface area contributed by atoms with Crippen LogP contribution < -0.4 is 0 Å². The molecule has 128 valence electrons. The van der Waals surface area contributed by atoms with Gasteiger partial charge >= 0.3 is 5.97 Å². The third kappa shape index (κ3) is 4.00. The Labute approximate surface area is 133 Å². The lowest BCUT2D eigenvalue weighted by Gasteiger charge is -2.31. The van der Waals surface area contributed by atoms with E-state index < -0.39 is 17.0 Å². The van der Waals surface area contributed by atoms with Gasteiger partial charge in [0, 0.05) is 13.1 Å². The summed E-state index contributed by atoms with van der Waals surface area (Å²) < 4.78 is 0. The average Bonchev–Trinajstić information content (AvgIpc) is 2.85. The molecule has 1 rings (SSSR count). The van der Waals surface area contributed by atoms with Crippen LogP contribution in [0.2, 0.25) is 0 Å². The molecule has 1 unspecified atom stereocenters. The molecular formula is C17H31NO4. The molecule has 0 spiro atoms. The van der Waals surface area contributed by atoms with Gasteiger partial charge in [-0.2, -0.15) is 0 Å². The number of hydrogen-bond donors (Lipinski definition) is 2. The molecule has 0 saturated carbocycles. The highest BCUT2D eigenvalue weighted by Gasteiger charge is 2.48. The number of carbonyl (C=O) groups excluding carboxylic acids is 1. The van der Waals surface area contributed by atoms with Crippen LogP contribution in [0.15, 0.2) is 0 Å². The molecule has 1 atom stereocenters. The number of hydrogen-bond acceptors (Lipinski definition) is 3. The number of aliphatic carboxylic acids is 1. The van der Waals surface area contributed by atoms with Gasteiger partial charge in [0.1, 0.15) is 0 Å². The highest BCUT2D eigenvalue weighted by Crippen LogP contribution is 2.39. The molecule has 1 aliphatic heterocycles. The lowest BCUT2D eigenvalue weighted by molar-refractivity contribution is -0.151. The van der Waals surface area contributed by atoms with Gasteiger partial charge in [0.15, 0.2) is 0 Å². The summed E-state index contributed by atoms with van der Waals surface area (Å²) in [6.07, 6.45) is 3.46. The SMILES string of the molecule is CCCC(O)(CCC)CC(=O)N1CCC(C(=O)O)(C(C)C)C1. The van der Waals surface area contributed by atoms with Crippen LogP contribution in [-0.4, -0.2) is 45.7 Å². The second-order valence-corrected chi connectivity index (χ2v) is 7.08. The van der Waals surface area contributed by atoms with Gasteiger partial charge in [-0.25, -0.2) is 0 Å². The van der Waals surface area contributed by atoms with Gasteiger partial charge in [0.2, 0.25) is 5.91 Å². The van der Waals surface area contributed by atoms with Crippen LogP contribution in [0.25, 0.3) is 0 Å². The first-order chi connectivity index (χ1) is 10.2. The third-order valence-electron chi connectivity index (χ3n) is 5.10. The van der Waals surface area contributed by atoms with Crippen LogP contribution in [0.4, 0.5) is 0 Å². The highest BCUT2D eigenvalue weighted by atomic mass is 16.4. The van der Waals surface area contributed by atoms with Crippen molar-refractivity contribution in [3.63, 3.8) is 0 Å². The van der Waals surface area contributed by atoms with Crippen molar-refractivity contribution in [3.8, 4) is 0 Å². The van der Waals surface area contributed by atoms with Crippen molar-refractivity contribution >= 4 is 11.9 Å². The normalized spacial score (nSPS) is 22.4. The Morgan fingerprint density at radius 2 is 1.77 bits per heavy atom. The monoisotopic (exact) mass is 313 g/mol. The molecule has 0 bridgehead atoms. The summed E-state index contributed by atoms with van der Waals surface area (Å²) in [7, 11) is 0. The summed E-state index contributed by atoms with van der Waals surface area (Å²) in [5.41, 5.74) is -1.80. The summed E-state index contributed by atoms with van der Waals surface area (Å²) in [6, 6.07) is 0. The summed E-state index contributed by atoms with van der Waals surface area (Å²) in [4.78, 5) is 25.8. The lowest BCUT2D eigenvalue weighted by Crippen LogP contribution is -2.43. The Morgan fingerprint density at radius 3 is 2.14 bits per heavy atom. The van der Waals surface area contributed by atoms with Crippen molar-refractivity contribution in [2.75, 3.05) is 13.1 Å². The fraction of sp³-hybridized carbons (Fsp3) is 0.882. The molecule has 0 aromatic carbocycles. The number of amides is 1. The van der Waals surface area contributed by atoms with Crippen LogP contribution in [0.1, 0.15) is 66.2 Å². The molecule has 0 aromatic rings. The van der Waals surface area contributed by atoms with Crippen LogP contribution in [0.5, 0.6) is 0 Å². The first-order valence-electron chi connectivity index (χ1n) is 8.44. The van der Waals surface area contributed by atoms with E-state index in [2.05, 4.69) is 0 Å². The van der Waals surface area contributed by atoms with Gasteiger partial charge in [0.05, 0.1) is 17.4 Å². The van der Waals surface area contributed by atoms with E-state index in [9.17, 15) is 19.8 Å². The maximum atomic E-state index is 12.5. The van der Waals surface area contributed by atoms with Gasteiger partial charge in [-0.1, -0.05) is 40.5 Å². The van der Waals surface area contributed by atoms with Crippen molar-refractivity contribution in [1.29, 1.82) is 0 Å². The number of aliphatic hydroxyl groups is 1. The highest BCUT2D eigenvalue weighted by molar-refractivity contribution is 5.81. The van der Waals surface area contributed by atoms with Crippen molar-refractivity contribution in [1.82, 2.24) is 4.90 Å². The van der Waals surface area contributed by atoms with Crippen molar-refractivity contribution in [2.45, 2.75) is 71.8 Å². The van der Waals surface area contributed by atoms with Gasteiger partial charge in [0.25, 0.3) is 0 Å². The maximum Gasteiger partial charge on any atom is 0.311 e. The molecule has 5 heteroatoms. The van der Waals surface area contributed by atoms with Crippen LogP contribution in [-0.2, 0) is 9.59 Å². The van der Waals surface area contributed by atoms with E-state index in [0.717, 1.165) is 12.8 Å². The smallest absolute Gasteiger partial charge is 0.311 e. The minimum Gasteiger partial charge on any atom is -0.481 e. The minimum atomic E-state index is -0.952. The first-order valence-corrected chi connectivity index (χ1v) is 8.44. The van der Waals surface area contributed by atoms with Crippen LogP contribution in [0.3, 0.4) is 0 Å². The number of rotatable bonds is 8. The predicted octanol–water partition coefficient (Wildman–Crippen LogP) is 2.67. The summed E-state index contributed by atoms with van der Waals surface area (Å²) in [6.45, 7) is 8.51. The zero-order valence-corrected chi connectivity index (χ0v) is 14.4. The van der Waals surface area contributed by atoms with Gasteiger partial charge in [-0.15, -0.1) is 0 Å². The molecule has 1 heterocycles. The molecule has 1 amide bonds. The van der Waals surface area contributed by atoms with E-state index in [1.54, 1.807) is 4.90 Å². The zero-order valence-electron chi connectivity index (χ0n) is 14.4. The molecule has 0 aromatic heterocycles. The number of carboxylic acids is 1. The Kier molecular flexibility index (Phi) is 6.41. The second kappa shape index (κ2) is 7.44. The second-order valence-electron chi connectivity index (χ2n) is 7.08. The fourth-order valence-corrected chi connectivity index (χ4v) is 3.56. The van der Waals surface area contributed by atoms with Gasteiger partial charge < -0.3 is 15.1 Å². The number of carbonyl (C=O) groups is 2. The fourth-order valence-electron chi connectivity index (χ4n) is 3.56. The predicted molar refractivity (Wildman–Crippen MR) is 85.5 cm³/mol. The number of nitrogens with zero attached hydrogens (tertiary/aromatic N) is 1. The van der Waals surface area contributed by atoms with Crippen molar-refractivity contribution in [3.05, 3.63) is 0 Å². The quantitative estimate of drug-likeness (QED) is 0.722. The summed E-state index contributed by atoms with van der Waals surface area (Å²) in [5, 5.41) is 20.2. The molecule has 2 N–H and O–H groups in total. The largest absolute Gasteiger partial charge is 0.481 e. The van der Waals surface area contributed by atoms with Gasteiger partial charge in [-0.05, 0) is 25.2 Å². The first kappa shape index (κ1) is 18.9. The maximum absolute atomic E-state index is 12.5. The van der Waals surface area contributed by atoms with E-state index in [4.69, 9.17) is 0 Å². The van der Waals surface area contributed by atoms with E-state index in [1.165, 1.54) is 0 Å². The van der Waals surface area contributed by atoms with E-state index in [1.807, 2.05) is 27.7 Å². The van der Waals surface area contributed by atoms with Crippen LogP contribution >= 0.6 is 0 Å². The standard InChI is InChI=1S/C17H31NO4/c1-5-7-16(22,8-6-2)11-14(19)18-10-9-17(12-18,13(3)4)15(20)21/h13,22H,5-12H2,1-4H3,(H,20,21). The minimum absolute atomic E-state index is 0.0204. The number of likely N-dealkylation sites (tertiary alicyclic amines) is 1. The number of carboxylic acid groups (broad SMARTS) is 1. The molecule has 5 nitrogen and oxygen atoms in total. The lowest BCUT2D eigenvalue weighted by atomic mass is 9.76. The van der Waals surface area contributed by atoms with E-state index in [0.29, 0.717) is 25.8 Å². The zero-order chi connectivity index (χ0) is 17.0. The van der Waals surface area contributed by atoms with Gasteiger partial charge in [-0.3, -0.25) is 9.59 Å². The topological polar surface area (TPSA) is 77.8 Å². The van der Waals surface area contributed by atoms with E-state index in [-0.39, 0.29) is 24.8 Å². The molecule has 22 heavy (non-hydrogen) atoms. The molecule has 1 saturated heterocycles. The summed E-state index contributed by atoms with van der Waals surface area (Å²) >= 11 is 0. The van der Waals surface area contributed by atoms with E-state index >= 15 is 0 Å². The Balaban J connectivity index is 2.77. The average molecular weight is 313 g/mol. The van der Waals surface area contributed by atoms with Crippen molar-refractivity contribution < 1.29 is 19.8 Å². The third-order valence-corrected chi connectivity index (χ3v) is 5.10. The Bertz CT molecular complexity index is 401. The molecule has 1 fully saturated rings. The molecule has 0 radical (unpaired) electrons. The van der Waals surface area contributed by atoms with Crippen molar-refractivity contribution in [2.24, 2.45) is 11.3 Å². The summed E-state index contributed by atoms with van der Waals surface area (Å²) in [5.74, 6) is -0.962. The molecular weight excluding hydrogens is 282 g/mol. The Morgan fingerprint density at radius 1 is 1.23 bits per heavy atom. The Hall–Kier alpha value is -1.10. The molecule has 1 aliphatic rings. The van der Waals surface area contributed by atoms with Crippen LogP contribution in [0, 0.1) is 11.3 Å².